The molecule has 0 radical (unpaired) electrons. The third kappa shape index (κ3) is 3.96. The van der Waals surface area contributed by atoms with Gasteiger partial charge >= 0.3 is 0 Å². The van der Waals surface area contributed by atoms with E-state index in [2.05, 4.69) is 48.5 Å². The zero-order valence-corrected chi connectivity index (χ0v) is 13.4. The topological polar surface area (TPSA) is 44.7 Å². The number of ether oxygens (including phenoxy) is 1. The van der Waals surface area contributed by atoms with Crippen LogP contribution >= 0.6 is 0 Å². The van der Waals surface area contributed by atoms with Crippen molar-refractivity contribution >= 4 is 5.69 Å². The largest absolute Gasteiger partial charge is 0.388 e. The fourth-order valence-electron chi connectivity index (χ4n) is 3.15. The first kappa shape index (κ1) is 16.3. The zero-order chi connectivity index (χ0) is 15.3. The van der Waals surface area contributed by atoms with Gasteiger partial charge in [-0.1, -0.05) is 25.1 Å². The monoisotopic (exact) mass is 292 g/mol. The molecule has 1 fully saturated rings. The summed E-state index contributed by atoms with van der Waals surface area (Å²) >= 11 is 0. The van der Waals surface area contributed by atoms with E-state index in [4.69, 9.17) is 4.74 Å². The second-order valence-electron chi connectivity index (χ2n) is 6.00. The van der Waals surface area contributed by atoms with Gasteiger partial charge in [-0.3, -0.25) is 0 Å². The van der Waals surface area contributed by atoms with E-state index in [-0.39, 0.29) is 0 Å². The summed E-state index contributed by atoms with van der Waals surface area (Å²) in [6.07, 6.45) is 2.46. The fourth-order valence-corrected chi connectivity index (χ4v) is 3.15. The summed E-state index contributed by atoms with van der Waals surface area (Å²) in [5.74, 6) is 0. The molecule has 1 aliphatic rings. The maximum Gasteiger partial charge on any atom is 0.0865 e. The molecule has 0 bridgehead atoms. The average Bonchev–Trinajstić information content (AvgIpc) is 2.49. The number of anilines is 1. The summed E-state index contributed by atoms with van der Waals surface area (Å²) in [7, 11) is 4.06. The molecule has 0 spiro atoms. The van der Waals surface area contributed by atoms with Gasteiger partial charge in [-0.15, -0.1) is 0 Å². The molecule has 1 atom stereocenters. The zero-order valence-electron chi connectivity index (χ0n) is 13.4. The van der Waals surface area contributed by atoms with Crippen LogP contribution in [0, 0.1) is 0 Å². The number of nitrogens with zero attached hydrogens (tertiary/aromatic N) is 1. The van der Waals surface area contributed by atoms with E-state index in [1.165, 1.54) is 11.3 Å². The molecule has 4 heteroatoms. The average molecular weight is 292 g/mol. The summed E-state index contributed by atoms with van der Waals surface area (Å²) in [5.41, 5.74) is 1.85. The molecule has 2 rings (SSSR count). The highest BCUT2D eigenvalue weighted by molar-refractivity contribution is 5.54. The van der Waals surface area contributed by atoms with Crippen LogP contribution in [-0.2, 0) is 4.74 Å². The lowest BCUT2D eigenvalue weighted by atomic mass is 9.93. The van der Waals surface area contributed by atoms with Gasteiger partial charge in [0.1, 0.15) is 0 Å². The van der Waals surface area contributed by atoms with Crippen molar-refractivity contribution in [1.82, 2.24) is 5.32 Å². The molecule has 1 aromatic carbocycles. The lowest BCUT2D eigenvalue weighted by Gasteiger charge is -2.37. The van der Waals surface area contributed by atoms with Crippen molar-refractivity contribution in [3.05, 3.63) is 29.8 Å². The van der Waals surface area contributed by atoms with Crippen molar-refractivity contribution in [2.24, 2.45) is 0 Å². The van der Waals surface area contributed by atoms with Crippen LogP contribution in [0.2, 0.25) is 0 Å². The van der Waals surface area contributed by atoms with E-state index in [1.807, 2.05) is 7.05 Å². The van der Waals surface area contributed by atoms with Gasteiger partial charge in [0.2, 0.25) is 0 Å². The van der Waals surface area contributed by atoms with Crippen LogP contribution in [0.4, 0.5) is 5.69 Å². The number of nitrogens with one attached hydrogen (secondary N) is 1. The van der Waals surface area contributed by atoms with Gasteiger partial charge in [-0.05, 0) is 25.1 Å². The maximum absolute atomic E-state index is 10.7. The number of para-hydroxylation sites is 1. The van der Waals surface area contributed by atoms with Crippen molar-refractivity contribution in [3.8, 4) is 0 Å². The Labute approximate surface area is 128 Å². The number of hydrogen-bond acceptors (Lipinski definition) is 4. The van der Waals surface area contributed by atoms with Crippen molar-refractivity contribution in [2.75, 3.05) is 38.8 Å². The highest BCUT2D eigenvalue weighted by atomic mass is 16.5. The van der Waals surface area contributed by atoms with Crippen LogP contribution in [-0.4, -0.2) is 44.6 Å². The summed E-state index contributed by atoms with van der Waals surface area (Å²) in [4.78, 5) is 2.18. The first-order valence-corrected chi connectivity index (χ1v) is 7.87. The minimum atomic E-state index is -0.637. The van der Waals surface area contributed by atoms with Crippen LogP contribution in [0.1, 0.15) is 37.8 Å². The first-order valence-electron chi connectivity index (χ1n) is 7.87. The molecule has 0 amide bonds. The normalized spacial score (nSPS) is 19.2. The standard InChI is InChI=1S/C17H28N2O2/c1-4-15(18-2)14-7-5-6-8-16(14)19(3)13-17(20)9-11-21-12-10-17/h5-8,15,18,20H,4,9-13H2,1-3H3. The highest BCUT2D eigenvalue weighted by Crippen LogP contribution is 2.30. The number of hydrogen-bond donors (Lipinski definition) is 2. The summed E-state index contributed by atoms with van der Waals surface area (Å²) in [6.45, 7) is 4.14. The molecule has 21 heavy (non-hydrogen) atoms. The predicted molar refractivity (Wildman–Crippen MR) is 86.8 cm³/mol. The van der Waals surface area contributed by atoms with Crippen LogP contribution in [0.3, 0.4) is 0 Å². The molecule has 1 aliphatic heterocycles. The quantitative estimate of drug-likeness (QED) is 0.845. The van der Waals surface area contributed by atoms with Gasteiger partial charge in [0.15, 0.2) is 0 Å². The highest BCUT2D eigenvalue weighted by Gasteiger charge is 2.31. The van der Waals surface area contributed by atoms with Crippen molar-refractivity contribution < 1.29 is 9.84 Å². The van der Waals surface area contributed by atoms with Crippen molar-refractivity contribution in [2.45, 2.75) is 37.8 Å². The SMILES string of the molecule is CCC(NC)c1ccccc1N(C)CC1(O)CCOCC1. The molecular formula is C17H28N2O2. The third-order valence-electron chi connectivity index (χ3n) is 4.44. The first-order chi connectivity index (χ1) is 10.1. The number of rotatable bonds is 6. The lowest BCUT2D eigenvalue weighted by Crippen LogP contribution is -2.46. The van der Waals surface area contributed by atoms with Crippen LogP contribution in [0.15, 0.2) is 24.3 Å². The molecule has 1 unspecified atom stereocenters. The van der Waals surface area contributed by atoms with E-state index in [9.17, 15) is 5.11 Å². The molecule has 1 saturated heterocycles. The van der Waals surface area contributed by atoms with Gasteiger partial charge < -0.3 is 20.1 Å². The third-order valence-corrected chi connectivity index (χ3v) is 4.44. The Kier molecular flexibility index (Phi) is 5.62. The van der Waals surface area contributed by atoms with Crippen LogP contribution < -0.4 is 10.2 Å². The number of aliphatic hydroxyl groups is 1. The molecule has 4 nitrogen and oxygen atoms in total. The smallest absolute Gasteiger partial charge is 0.0865 e. The van der Waals surface area contributed by atoms with Gasteiger partial charge in [-0.2, -0.15) is 0 Å². The van der Waals surface area contributed by atoms with Gasteiger partial charge in [0, 0.05) is 51.4 Å². The number of likely N-dealkylation sites (N-methyl/N-ethyl adjacent to an activating group) is 1. The second-order valence-corrected chi connectivity index (χ2v) is 6.00. The Morgan fingerprint density at radius 2 is 2.00 bits per heavy atom. The second kappa shape index (κ2) is 7.25. The molecule has 1 aromatic rings. The van der Waals surface area contributed by atoms with Crippen LogP contribution in [0.5, 0.6) is 0 Å². The number of benzene rings is 1. The van der Waals surface area contributed by atoms with E-state index >= 15 is 0 Å². The fraction of sp³-hybridized carbons (Fsp3) is 0.647. The molecular weight excluding hydrogens is 264 g/mol. The summed E-state index contributed by atoms with van der Waals surface area (Å²) in [5, 5.41) is 14.1. The minimum Gasteiger partial charge on any atom is -0.388 e. The lowest BCUT2D eigenvalue weighted by molar-refractivity contribution is -0.0572. The Bertz CT molecular complexity index is 440. The van der Waals surface area contributed by atoms with Crippen molar-refractivity contribution in [3.63, 3.8) is 0 Å². The van der Waals surface area contributed by atoms with E-state index in [1.54, 1.807) is 0 Å². The Balaban J connectivity index is 2.16. The molecule has 1 heterocycles. The van der Waals surface area contributed by atoms with Crippen LogP contribution in [0.25, 0.3) is 0 Å². The molecule has 0 saturated carbocycles. The van der Waals surface area contributed by atoms with Crippen molar-refractivity contribution in [1.29, 1.82) is 0 Å². The van der Waals surface area contributed by atoms with Gasteiger partial charge in [-0.25, -0.2) is 0 Å². The van der Waals surface area contributed by atoms with E-state index in [0.717, 1.165) is 6.42 Å². The van der Waals surface area contributed by atoms with E-state index in [0.29, 0.717) is 38.6 Å². The molecule has 2 N–H and O–H groups in total. The van der Waals surface area contributed by atoms with Gasteiger partial charge in [0.05, 0.1) is 5.60 Å². The Morgan fingerprint density at radius 1 is 1.33 bits per heavy atom. The molecule has 118 valence electrons. The summed E-state index contributed by atoms with van der Waals surface area (Å²) < 4.78 is 5.36. The van der Waals surface area contributed by atoms with E-state index < -0.39 is 5.60 Å². The Morgan fingerprint density at radius 3 is 2.62 bits per heavy atom. The molecule has 0 aromatic heterocycles. The summed E-state index contributed by atoms with van der Waals surface area (Å²) in [6, 6.07) is 8.79. The maximum atomic E-state index is 10.7. The Hall–Kier alpha value is -1.10. The molecule has 0 aliphatic carbocycles. The predicted octanol–water partition coefficient (Wildman–Crippen LogP) is 2.33. The van der Waals surface area contributed by atoms with Gasteiger partial charge in [0.25, 0.3) is 0 Å². The minimum absolute atomic E-state index is 0.341.